The highest BCUT2D eigenvalue weighted by molar-refractivity contribution is 6.09. The van der Waals surface area contributed by atoms with Crippen molar-refractivity contribution >= 4 is 35.9 Å². The molecule has 1 heterocycles. The summed E-state index contributed by atoms with van der Waals surface area (Å²) >= 11 is 0. The summed E-state index contributed by atoms with van der Waals surface area (Å²) in [5.74, 6) is -5.79. The molecule has 1 unspecified atom stereocenters. The van der Waals surface area contributed by atoms with Gasteiger partial charge in [-0.3, -0.25) is 14.4 Å². The van der Waals surface area contributed by atoms with E-state index in [4.69, 9.17) is 9.47 Å². The smallest absolute Gasteiger partial charge is 0.444 e. The van der Waals surface area contributed by atoms with Gasteiger partial charge in [0.25, 0.3) is 0 Å². The Bertz CT molecular complexity index is 1140. The lowest BCUT2D eigenvalue weighted by molar-refractivity contribution is -0.260. The number of benzene rings is 2. The van der Waals surface area contributed by atoms with E-state index in [1.165, 1.54) is 24.3 Å². The fourth-order valence-electron chi connectivity index (χ4n) is 3.38. The quantitative estimate of drug-likeness (QED) is 0.199. The number of esters is 2. The Kier molecular flexibility index (Phi) is 9.74. The molecule has 0 bridgehead atoms. The molecule has 0 aromatic heterocycles. The molecule has 2 amide bonds. The average molecular weight is 542 g/mol. The fraction of sp³-hybridized carbons (Fsp3) is 0.333. The molecule has 1 fully saturated rings. The van der Waals surface area contributed by atoms with Gasteiger partial charge in [0.05, 0.1) is 17.0 Å². The van der Waals surface area contributed by atoms with Crippen LogP contribution in [0.3, 0.4) is 0 Å². The third kappa shape index (κ3) is 7.63. The van der Waals surface area contributed by atoms with Crippen LogP contribution < -0.4 is 0 Å². The van der Waals surface area contributed by atoms with E-state index in [0.717, 1.165) is 6.42 Å². The van der Waals surface area contributed by atoms with Crippen LogP contribution >= 0.6 is 0 Å². The molecule has 0 spiro atoms. The summed E-state index contributed by atoms with van der Waals surface area (Å²) < 4.78 is 10.3. The van der Waals surface area contributed by atoms with E-state index in [1.807, 2.05) is 13.8 Å². The van der Waals surface area contributed by atoms with Gasteiger partial charge in [-0.2, -0.15) is 4.79 Å². The number of amides is 2. The molecule has 0 N–H and O–H groups in total. The highest BCUT2D eigenvalue weighted by Gasteiger charge is 2.55. The highest BCUT2D eigenvalue weighted by atomic mass is 17.2. The maximum absolute atomic E-state index is 12.9. The summed E-state index contributed by atoms with van der Waals surface area (Å²) in [4.78, 5) is 88.5. The van der Waals surface area contributed by atoms with Gasteiger partial charge >= 0.3 is 35.9 Å². The molecular formula is C27H27NO11. The summed E-state index contributed by atoms with van der Waals surface area (Å²) in [6.07, 6.45) is -4.50. The van der Waals surface area contributed by atoms with Crippen molar-refractivity contribution in [3.63, 3.8) is 0 Å². The molecule has 2 aromatic carbocycles. The van der Waals surface area contributed by atoms with Crippen LogP contribution in [0.15, 0.2) is 60.7 Å². The van der Waals surface area contributed by atoms with Crippen LogP contribution in [0.5, 0.6) is 0 Å². The molecule has 1 aliphatic heterocycles. The Hall–Kier alpha value is -4.74. The summed E-state index contributed by atoms with van der Waals surface area (Å²) in [7, 11) is 0. The molecule has 3 atom stereocenters. The number of ether oxygens (including phenoxy) is 2. The van der Waals surface area contributed by atoms with Crippen LogP contribution in [0.1, 0.15) is 54.3 Å². The average Bonchev–Trinajstić information content (AvgIpc) is 3.14. The Balaban J connectivity index is 1.71. The Morgan fingerprint density at radius 1 is 0.718 bits per heavy atom. The minimum Gasteiger partial charge on any atom is -0.444 e. The number of hydroxylamine groups is 2. The highest BCUT2D eigenvalue weighted by Crippen LogP contribution is 2.24. The zero-order valence-corrected chi connectivity index (χ0v) is 21.4. The van der Waals surface area contributed by atoms with Crippen molar-refractivity contribution in [3.8, 4) is 0 Å². The Morgan fingerprint density at radius 2 is 1.18 bits per heavy atom. The minimum absolute atomic E-state index is 0.0446. The number of carbonyl (C=O) groups excluding carboxylic acids is 6. The summed E-state index contributed by atoms with van der Waals surface area (Å²) in [6.45, 7) is 5.53. The number of rotatable bonds is 9. The van der Waals surface area contributed by atoms with Crippen molar-refractivity contribution in [2.75, 3.05) is 0 Å². The van der Waals surface area contributed by atoms with Crippen molar-refractivity contribution in [3.05, 3.63) is 71.8 Å². The van der Waals surface area contributed by atoms with Gasteiger partial charge in [0.15, 0.2) is 0 Å². The lowest BCUT2D eigenvalue weighted by atomic mass is 10.00. The van der Waals surface area contributed by atoms with Gasteiger partial charge in [-0.25, -0.2) is 24.2 Å². The van der Waals surface area contributed by atoms with Gasteiger partial charge in [0.2, 0.25) is 12.2 Å². The predicted molar refractivity (Wildman–Crippen MR) is 130 cm³/mol. The van der Waals surface area contributed by atoms with Crippen LogP contribution in [0.4, 0.5) is 4.79 Å². The third-order valence-electron chi connectivity index (χ3n) is 5.59. The summed E-state index contributed by atoms with van der Waals surface area (Å²) in [5.41, 5.74) is 0.0892. The zero-order chi connectivity index (χ0) is 28.5. The Morgan fingerprint density at radius 3 is 1.62 bits per heavy atom. The van der Waals surface area contributed by atoms with Crippen molar-refractivity contribution in [2.45, 2.75) is 45.8 Å². The molecule has 12 heteroatoms. The number of hydrogen-bond acceptors (Lipinski definition) is 11. The van der Waals surface area contributed by atoms with E-state index in [1.54, 1.807) is 43.3 Å². The molecule has 2 aromatic rings. The van der Waals surface area contributed by atoms with E-state index >= 15 is 0 Å². The third-order valence-corrected chi connectivity index (χ3v) is 5.59. The molecule has 1 saturated heterocycles. The molecule has 0 aliphatic carbocycles. The molecule has 3 rings (SSSR count). The Labute approximate surface area is 223 Å². The van der Waals surface area contributed by atoms with Crippen LogP contribution in [0.2, 0.25) is 0 Å². The van der Waals surface area contributed by atoms with Crippen molar-refractivity contribution in [1.82, 2.24) is 5.06 Å². The second kappa shape index (κ2) is 13.2. The van der Waals surface area contributed by atoms with Crippen LogP contribution in [0, 0.1) is 11.8 Å². The number of nitrogens with zero attached hydrogens (tertiary/aromatic N) is 1. The topological polar surface area (TPSA) is 152 Å². The van der Waals surface area contributed by atoms with Crippen molar-refractivity contribution in [1.29, 1.82) is 0 Å². The summed E-state index contributed by atoms with van der Waals surface area (Å²) in [6, 6.07) is 15.1. The number of hydrogen-bond donors (Lipinski definition) is 0. The van der Waals surface area contributed by atoms with E-state index in [0.29, 0.717) is 12.3 Å². The van der Waals surface area contributed by atoms with Crippen molar-refractivity contribution < 1.29 is 52.9 Å². The molecule has 0 radical (unpaired) electrons. The second-order valence-corrected chi connectivity index (χ2v) is 9.05. The minimum atomic E-state index is -1.98. The largest absolute Gasteiger partial charge is 0.576 e. The SMILES string of the molecule is CC(C)CCC(C)C(=O)OOC(=O)ON1C(=O)[C@@H](OC(=O)c2ccccc2)[C@H](OC(=O)c2ccccc2)C1=O. The van der Waals surface area contributed by atoms with E-state index in [9.17, 15) is 28.8 Å². The summed E-state index contributed by atoms with van der Waals surface area (Å²) in [5, 5.41) is -0.0791. The van der Waals surface area contributed by atoms with Crippen LogP contribution in [-0.4, -0.2) is 53.1 Å². The van der Waals surface area contributed by atoms with E-state index in [2.05, 4.69) is 14.6 Å². The van der Waals surface area contributed by atoms with E-state index < -0.39 is 54.0 Å². The molecular weight excluding hydrogens is 514 g/mol. The van der Waals surface area contributed by atoms with Gasteiger partial charge in [0, 0.05) is 0 Å². The van der Waals surface area contributed by atoms with Gasteiger partial charge in [-0.05, 0) is 36.6 Å². The molecule has 1 aliphatic rings. The normalized spacial score (nSPS) is 17.4. The monoisotopic (exact) mass is 541 g/mol. The first-order valence-corrected chi connectivity index (χ1v) is 12.1. The van der Waals surface area contributed by atoms with E-state index in [-0.39, 0.29) is 16.2 Å². The van der Waals surface area contributed by atoms with Gasteiger partial charge in [0.1, 0.15) is 0 Å². The fourth-order valence-corrected chi connectivity index (χ4v) is 3.38. The second-order valence-electron chi connectivity index (χ2n) is 9.05. The molecule has 206 valence electrons. The van der Waals surface area contributed by atoms with Gasteiger partial charge < -0.3 is 9.47 Å². The van der Waals surface area contributed by atoms with Gasteiger partial charge in [-0.1, -0.05) is 68.7 Å². The lowest BCUT2D eigenvalue weighted by Crippen LogP contribution is -2.37. The van der Waals surface area contributed by atoms with Crippen LogP contribution in [-0.2, 0) is 38.5 Å². The van der Waals surface area contributed by atoms with Gasteiger partial charge in [-0.15, -0.1) is 0 Å². The predicted octanol–water partition coefficient (Wildman–Crippen LogP) is 3.41. The number of imide groups is 1. The number of carbonyl (C=O) groups is 6. The molecule has 12 nitrogen and oxygen atoms in total. The van der Waals surface area contributed by atoms with Crippen molar-refractivity contribution in [2.24, 2.45) is 11.8 Å². The lowest BCUT2D eigenvalue weighted by Gasteiger charge is -2.16. The first-order valence-electron chi connectivity index (χ1n) is 12.1. The molecule has 39 heavy (non-hydrogen) atoms. The molecule has 0 saturated carbocycles. The first-order chi connectivity index (χ1) is 18.6. The first kappa shape index (κ1) is 28.8. The zero-order valence-electron chi connectivity index (χ0n) is 21.4. The maximum Gasteiger partial charge on any atom is 0.576 e. The maximum atomic E-state index is 12.9. The standard InChI is InChI=1S/C27H27NO11/c1-16(2)14-15-17(3)24(31)38-39-27(34)37-28-22(29)20(35-25(32)18-10-6-4-7-11-18)21(23(28)30)36-26(33)19-12-8-5-9-13-19/h4-13,16-17,20-21H,14-15H2,1-3H3/t17?,20-,21-/m0/s1. The van der Waals surface area contributed by atoms with Crippen LogP contribution in [0.25, 0.3) is 0 Å².